The van der Waals surface area contributed by atoms with Crippen molar-refractivity contribution in [3.05, 3.63) is 12.5 Å². The molecule has 9 heavy (non-hydrogen) atoms. The van der Waals surface area contributed by atoms with Crippen molar-refractivity contribution in [2.75, 3.05) is 11.2 Å². The Morgan fingerprint density at radius 3 is 3.56 bits per heavy atom. The monoisotopic (exact) mass is 139 g/mol. The van der Waals surface area contributed by atoms with E-state index >= 15 is 0 Å². The van der Waals surface area contributed by atoms with Gasteiger partial charge in [0.1, 0.15) is 12.1 Å². The average Bonchev–Trinajstić information content (AvgIpc) is 2.33. The summed E-state index contributed by atoms with van der Waals surface area (Å²) in [5, 5.41) is 3.11. The fourth-order valence-electron chi connectivity index (χ4n) is 0.737. The molecule has 0 amide bonds. The van der Waals surface area contributed by atoms with E-state index < -0.39 is 0 Å². The number of anilines is 1. The zero-order chi connectivity index (χ0) is 6.10. The van der Waals surface area contributed by atoms with Gasteiger partial charge in [0, 0.05) is 6.20 Å². The van der Waals surface area contributed by atoms with Gasteiger partial charge in [0.05, 0.1) is 10.8 Å². The van der Waals surface area contributed by atoms with Gasteiger partial charge in [-0.2, -0.15) is 0 Å². The summed E-state index contributed by atoms with van der Waals surface area (Å²) in [5.74, 6) is 1.89. The molecule has 0 bridgehead atoms. The first kappa shape index (κ1) is 5.05. The lowest BCUT2D eigenvalue weighted by Gasteiger charge is -1.91. The molecule has 1 aliphatic rings. The molecular weight excluding hydrogens is 134 g/mol. The Bertz CT molecular complexity index is 202. The molecule has 1 aromatic heterocycles. The summed E-state index contributed by atoms with van der Waals surface area (Å²) in [4.78, 5) is 9.05. The highest BCUT2D eigenvalue weighted by atomic mass is 32.2. The van der Waals surface area contributed by atoms with E-state index in [0.29, 0.717) is 0 Å². The summed E-state index contributed by atoms with van der Waals surface area (Å²) in [6.07, 6.45) is 3.38. The number of hydrogen-bond acceptors (Lipinski definition) is 4. The molecule has 0 saturated carbocycles. The Hall–Kier alpha value is -0.770. The largest absolute Gasteiger partial charge is 0.360 e. The van der Waals surface area contributed by atoms with E-state index in [0.717, 1.165) is 16.6 Å². The van der Waals surface area contributed by atoms with Crippen LogP contribution in [0.25, 0.3) is 0 Å². The number of thioether (sulfide) groups is 1. The first-order valence-electron chi connectivity index (χ1n) is 2.63. The molecular formula is C5H5N3S. The van der Waals surface area contributed by atoms with Gasteiger partial charge < -0.3 is 5.32 Å². The topological polar surface area (TPSA) is 37.8 Å². The minimum absolute atomic E-state index is 0.925. The first-order valence-corrected chi connectivity index (χ1v) is 3.62. The van der Waals surface area contributed by atoms with Gasteiger partial charge in [0.2, 0.25) is 0 Å². The summed E-state index contributed by atoms with van der Waals surface area (Å²) in [6, 6.07) is 0. The molecule has 0 unspecified atom stereocenters. The zero-order valence-electron chi connectivity index (χ0n) is 4.66. The maximum Gasteiger partial charge on any atom is 0.143 e. The summed E-state index contributed by atoms with van der Waals surface area (Å²) >= 11 is 1.73. The van der Waals surface area contributed by atoms with Crippen LogP contribution in [0.3, 0.4) is 0 Å². The minimum Gasteiger partial charge on any atom is -0.360 e. The molecule has 0 aliphatic carbocycles. The highest BCUT2D eigenvalue weighted by Gasteiger charge is 2.09. The van der Waals surface area contributed by atoms with E-state index in [-0.39, 0.29) is 0 Å². The summed E-state index contributed by atoms with van der Waals surface area (Å²) in [7, 11) is 0. The molecule has 0 fully saturated rings. The quantitative estimate of drug-likeness (QED) is 0.580. The number of fused-ring (bicyclic) bond motifs is 1. The molecule has 2 rings (SSSR count). The maximum atomic E-state index is 4.02. The lowest BCUT2D eigenvalue weighted by molar-refractivity contribution is 1.11. The SMILES string of the molecule is c1ncc2c(n1)NCS2. The smallest absolute Gasteiger partial charge is 0.143 e. The molecule has 0 atom stereocenters. The number of nitrogens with zero attached hydrogens (tertiary/aromatic N) is 2. The highest BCUT2D eigenvalue weighted by molar-refractivity contribution is 7.99. The van der Waals surface area contributed by atoms with Crippen LogP contribution in [0.5, 0.6) is 0 Å². The highest BCUT2D eigenvalue weighted by Crippen LogP contribution is 2.29. The van der Waals surface area contributed by atoms with Gasteiger partial charge in [-0.05, 0) is 0 Å². The molecule has 0 saturated heterocycles. The van der Waals surface area contributed by atoms with Crippen LogP contribution in [0.4, 0.5) is 5.82 Å². The van der Waals surface area contributed by atoms with E-state index in [2.05, 4.69) is 15.3 Å². The molecule has 0 aromatic carbocycles. The van der Waals surface area contributed by atoms with Crippen molar-refractivity contribution in [2.24, 2.45) is 0 Å². The average molecular weight is 139 g/mol. The number of hydrogen-bond donors (Lipinski definition) is 1. The molecule has 46 valence electrons. The Labute approximate surface area is 56.9 Å². The second kappa shape index (κ2) is 1.88. The predicted octanol–water partition coefficient (Wildman–Crippen LogP) is 0.952. The Morgan fingerprint density at radius 1 is 1.67 bits per heavy atom. The van der Waals surface area contributed by atoms with Crippen LogP contribution in [0.1, 0.15) is 0 Å². The lowest BCUT2D eigenvalue weighted by Crippen LogP contribution is -1.90. The van der Waals surface area contributed by atoms with Crippen molar-refractivity contribution >= 4 is 17.6 Å². The molecule has 1 aliphatic heterocycles. The second-order valence-electron chi connectivity index (χ2n) is 1.70. The standard InChI is InChI=1S/C5H5N3S/c1-4-5(7-2-6-1)8-3-9-4/h1-2H,3H2,(H,6,7,8). The normalized spacial score (nSPS) is 14.7. The molecule has 1 N–H and O–H groups in total. The third kappa shape index (κ3) is 0.751. The molecule has 2 heterocycles. The first-order chi connectivity index (χ1) is 4.47. The van der Waals surface area contributed by atoms with Crippen molar-refractivity contribution in [1.82, 2.24) is 9.97 Å². The lowest BCUT2D eigenvalue weighted by atomic mass is 10.6. The van der Waals surface area contributed by atoms with Crippen molar-refractivity contribution < 1.29 is 0 Å². The van der Waals surface area contributed by atoms with E-state index in [1.165, 1.54) is 0 Å². The number of nitrogens with one attached hydrogen (secondary N) is 1. The zero-order valence-corrected chi connectivity index (χ0v) is 5.48. The second-order valence-corrected chi connectivity index (χ2v) is 2.72. The number of rotatable bonds is 0. The Balaban J connectivity index is 2.54. The fraction of sp³-hybridized carbons (Fsp3) is 0.200. The summed E-state index contributed by atoms with van der Waals surface area (Å²) < 4.78 is 0. The van der Waals surface area contributed by atoms with Gasteiger partial charge in [-0.1, -0.05) is 11.8 Å². The van der Waals surface area contributed by atoms with Crippen molar-refractivity contribution in [3.63, 3.8) is 0 Å². The summed E-state index contributed by atoms with van der Waals surface area (Å²) in [5.41, 5.74) is 0. The van der Waals surface area contributed by atoms with Gasteiger partial charge in [0.25, 0.3) is 0 Å². The van der Waals surface area contributed by atoms with Crippen LogP contribution < -0.4 is 5.32 Å². The fourth-order valence-corrected chi connectivity index (χ4v) is 1.50. The van der Waals surface area contributed by atoms with Gasteiger partial charge in [-0.3, -0.25) is 0 Å². The van der Waals surface area contributed by atoms with Gasteiger partial charge in [-0.15, -0.1) is 0 Å². The molecule has 0 spiro atoms. The van der Waals surface area contributed by atoms with Crippen molar-refractivity contribution in [3.8, 4) is 0 Å². The molecule has 3 nitrogen and oxygen atoms in total. The molecule has 0 radical (unpaired) electrons. The van der Waals surface area contributed by atoms with Crippen LogP contribution >= 0.6 is 11.8 Å². The van der Waals surface area contributed by atoms with Gasteiger partial charge >= 0.3 is 0 Å². The third-order valence-electron chi connectivity index (χ3n) is 1.15. The molecule has 4 heteroatoms. The van der Waals surface area contributed by atoms with Crippen LogP contribution in [-0.2, 0) is 0 Å². The van der Waals surface area contributed by atoms with Crippen LogP contribution in [0, 0.1) is 0 Å². The van der Waals surface area contributed by atoms with Crippen molar-refractivity contribution in [2.45, 2.75) is 4.90 Å². The van der Waals surface area contributed by atoms with E-state index in [4.69, 9.17) is 0 Å². The van der Waals surface area contributed by atoms with Crippen molar-refractivity contribution in [1.29, 1.82) is 0 Å². The Morgan fingerprint density at radius 2 is 2.67 bits per heavy atom. The number of aromatic nitrogens is 2. The van der Waals surface area contributed by atoms with E-state index in [9.17, 15) is 0 Å². The van der Waals surface area contributed by atoms with E-state index in [1.807, 2.05) is 6.20 Å². The van der Waals surface area contributed by atoms with Crippen LogP contribution in [-0.4, -0.2) is 15.8 Å². The van der Waals surface area contributed by atoms with Gasteiger partial charge in [-0.25, -0.2) is 9.97 Å². The van der Waals surface area contributed by atoms with Gasteiger partial charge in [0.15, 0.2) is 0 Å². The molecule has 1 aromatic rings. The van der Waals surface area contributed by atoms with Crippen LogP contribution in [0.15, 0.2) is 17.4 Å². The third-order valence-corrected chi connectivity index (χ3v) is 2.04. The Kier molecular flexibility index (Phi) is 1.05. The van der Waals surface area contributed by atoms with Crippen LogP contribution in [0.2, 0.25) is 0 Å². The predicted molar refractivity (Wildman–Crippen MR) is 36.4 cm³/mol. The van der Waals surface area contributed by atoms with E-state index in [1.54, 1.807) is 18.1 Å². The summed E-state index contributed by atoms with van der Waals surface area (Å²) in [6.45, 7) is 0. The maximum absolute atomic E-state index is 4.02. The minimum atomic E-state index is 0.925.